The zero-order valence-corrected chi connectivity index (χ0v) is 21.5. The van der Waals surface area contributed by atoms with Gasteiger partial charge in [0.05, 0.1) is 5.41 Å². The molecule has 1 aliphatic heterocycles. The summed E-state index contributed by atoms with van der Waals surface area (Å²) in [6.07, 6.45) is 10.7. The second-order valence-corrected chi connectivity index (χ2v) is 11.1. The van der Waals surface area contributed by atoms with Crippen molar-refractivity contribution in [2.45, 2.75) is 57.8 Å². The van der Waals surface area contributed by atoms with Crippen LogP contribution in [-0.4, -0.2) is 27.2 Å². The minimum Gasteiger partial charge on any atom is -0.871 e. The number of Topliss-reactive ketones (excluding diaryl/α,β-unsaturated/α-hetero) is 1. The summed E-state index contributed by atoms with van der Waals surface area (Å²) < 4.78 is 4.41. The molecule has 0 N–H and O–H groups in total. The van der Waals surface area contributed by atoms with E-state index in [2.05, 4.69) is 42.7 Å². The smallest absolute Gasteiger partial charge is 0.209 e. The van der Waals surface area contributed by atoms with Gasteiger partial charge in [-0.25, -0.2) is 0 Å². The summed E-state index contributed by atoms with van der Waals surface area (Å²) in [5.74, 6) is 0.344. The van der Waals surface area contributed by atoms with Crippen LogP contribution in [0.25, 0.3) is 16.5 Å². The number of nitrogens with zero attached hydrogens (tertiary/aromatic N) is 2. The molecule has 0 unspecified atom stereocenters. The third-order valence-corrected chi connectivity index (χ3v) is 8.52. The summed E-state index contributed by atoms with van der Waals surface area (Å²) in [6, 6.07) is 16.7. The largest absolute Gasteiger partial charge is 0.871 e. The van der Waals surface area contributed by atoms with Crippen molar-refractivity contribution >= 4 is 33.7 Å². The van der Waals surface area contributed by atoms with Crippen LogP contribution >= 0.6 is 0 Å². The van der Waals surface area contributed by atoms with Gasteiger partial charge in [0.1, 0.15) is 6.54 Å². The van der Waals surface area contributed by atoms with Crippen LogP contribution in [0.5, 0.6) is 0 Å². The van der Waals surface area contributed by atoms with E-state index in [-0.39, 0.29) is 17.0 Å². The van der Waals surface area contributed by atoms with Crippen molar-refractivity contribution in [2.24, 2.45) is 13.0 Å². The van der Waals surface area contributed by atoms with Gasteiger partial charge in [0, 0.05) is 65.0 Å². The van der Waals surface area contributed by atoms with Gasteiger partial charge in [0.2, 0.25) is 5.69 Å². The van der Waals surface area contributed by atoms with Crippen molar-refractivity contribution in [3.8, 4) is 0 Å². The average Bonchev–Trinajstić information content (AvgIpc) is 3.34. The Labute approximate surface area is 213 Å². The molecule has 36 heavy (non-hydrogen) atoms. The van der Waals surface area contributed by atoms with Gasteiger partial charge in [-0.2, -0.15) is 4.58 Å². The predicted molar refractivity (Wildman–Crippen MR) is 143 cm³/mol. The lowest BCUT2D eigenvalue weighted by molar-refractivity contribution is -0.439. The predicted octanol–water partition coefficient (Wildman–Crippen LogP) is 5.81. The van der Waals surface area contributed by atoms with Gasteiger partial charge in [0.25, 0.3) is 0 Å². The van der Waals surface area contributed by atoms with Crippen molar-refractivity contribution in [1.29, 1.82) is 0 Å². The molecule has 4 heteroatoms. The molecule has 1 saturated carbocycles. The molecule has 2 aliphatic carbocycles. The third-order valence-electron chi connectivity index (χ3n) is 8.52. The van der Waals surface area contributed by atoms with Crippen LogP contribution in [0.3, 0.4) is 0 Å². The molecule has 0 radical (unpaired) electrons. The van der Waals surface area contributed by atoms with E-state index in [0.717, 1.165) is 48.0 Å². The van der Waals surface area contributed by atoms with Gasteiger partial charge >= 0.3 is 0 Å². The molecule has 0 amide bonds. The zero-order valence-electron chi connectivity index (χ0n) is 21.5. The van der Waals surface area contributed by atoms with E-state index in [4.69, 9.17) is 0 Å². The maximum Gasteiger partial charge on any atom is 0.209 e. The van der Waals surface area contributed by atoms with E-state index in [1.54, 1.807) is 0 Å². The number of para-hydroxylation sites is 2. The Morgan fingerprint density at radius 3 is 2.53 bits per heavy atom. The number of hydrogen-bond donors (Lipinski definition) is 0. The van der Waals surface area contributed by atoms with Crippen LogP contribution in [0, 0.1) is 5.92 Å². The highest BCUT2D eigenvalue weighted by Gasteiger charge is 2.52. The topological polar surface area (TPSA) is 48.1 Å². The van der Waals surface area contributed by atoms with Crippen LogP contribution in [0.4, 0.5) is 5.69 Å². The summed E-state index contributed by atoms with van der Waals surface area (Å²) in [7, 11) is 1.96. The third kappa shape index (κ3) is 3.34. The van der Waals surface area contributed by atoms with Crippen molar-refractivity contribution in [2.75, 3.05) is 6.54 Å². The molecule has 2 heterocycles. The zero-order chi connectivity index (χ0) is 25.0. The van der Waals surface area contributed by atoms with Gasteiger partial charge in [0.15, 0.2) is 11.5 Å². The fraction of sp³-hybridized carbons (Fsp3) is 0.375. The molecule has 0 bridgehead atoms. The van der Waals surface area contributed by atoms with Crippen LogP contribution in [-0.2, 0) is 17.3 Å². The quantitative estimate of drug-likeness (QED) is 0.343. The Bertz CT molecular complexity index is 1470. The van der Waals surface area contributed by atoms with Gasteiger partial charge in [-0.3, -0.25) is 4.79 Å². The Balaban J connectivity index is 1.50. The SMILES string of the molecule is CC(C)CC[N+]1=C(/C=C2\C(=O)C(c3cn(C)c4ccccc34)=C2[O-])C2(CCCCC2)c2ccccc21. The van der Waals surface area contributed by atoms with Crippen LogP contribution < -0.4 is 5.11 Å². The first-order chi connectivity index (χ1) is 17.4. The van der Waals surface area contributed by atoms with E-state index >= 15 is 0 Å². The number of carbonyl (C=O) groups excluding carboxylic acids is 1. The minimum atomic E-state index is -0.116. The Hall–Kier alpha value is -3.40. The lowest BCUT2D eigenvalue weighted by atomic mass is 9.66. The van der Waals surface area contributed by atoms with Crippen molar-refractivity contribution < 1.29 is 14.5 Å². The number of fused-ring (bicyclic) bond motifs is 3. The molecule has 3 aliphatic rings. The van der Waals surface area contributed by atoms with E-state index in [1.165, 1.54) is 30.5 Å². The molecule has 2 aromatic carbocycles. The summed E-state index contributed by atoms with van der Waals surface area (Å²) >= 11 is 0. The second kappa shape index (κ2) is 8.62. The lowest BCUT2D eigenvalue weighted by Crippen LogP contribution is -2.38. The molecule has 1 fully saturated rings. The first-order valence-electron chi connectivity index (χ1n) is 13.4. The first kappa shape index (κ1) is 23.0. The molecule has 4 nitrogen and oxygen atoms in total. The average molecular weight is 479 g/mol. The maximum absolute atomic E-state index is 13.6. The summed E-state index contributed by atoms with van der Waals surface area (Å²) in [5.41, 5.74) is 6.15. The molecular weight excluding hydrogens is 444 g/mol. The molecule has 6 rings (SSSR count). The molecule has 184 valence electrons. The fourth-order valence-corrected chi connectivity index (χ4v) is 6.63. The Morgan fingerprint density at radius 2 is 1.78 bits per heavy atom. The fourth-order valence-electron chi connectivity index (χ4n) is 6.63. The summed E-state index contributed by atoms with van der Waals surface area (Å²) in [5, 5.41) is 14.5. The van der Waals surface area contributed by atoms with E-state index in [9.17, 15) is 9.90 Å². The summed E-state index contributed by atoms with van der Waals surface area (Å²) in [6.45, 7) is 5.40. The van der Waals surface area contributed by atoms with Crippen molar-refractivity contribution in [3.63, 3.8) is 0 Å². The van der Waals surface area contributed by atoms with Crippen LogP contribution in [0.15, 0.2) is 72.1 Å². The van der Waals surface area contributed by atoms with Crippen molar-refractivity contribution in [1.82, 2.24) is 4.57 Å². The molecule has 0 atom stereocenters. The number of aryl methyl sites for hydroxylation is 1. The number of aromatic nitrogens is 1. The van der Waals surface area contributed by atoms with E-state index in [1.807, 2.05) is 48.2 Å². The maximum atomic E-state index is 13.6. The number of benzene rings is 2. The standard InChI is InChI=1S/C32H34N2O2/c1-21(2)15-18-34-27-14-8-6-12-25(27)32(16-9-4-10-17-32)28(34)19-23-30(35)29(31(23)36)24-20-33(3)26-13-7-5-11-22(24)26/h5-8,11-14,19-21H,4,9-10,15-18H2,1-3H3. The Morgan fingerprint density at radius 1 is 1.06 bits per heavy atom. The normalized spacial score (nSPS) is 20.2. The highest BCUT2D eigenvalue weighted by atomic mass is 16.3. The van der Waals surface area contributed by atoms with Gasteiger partial charge in [-0.05, 0) is 24.8 Å². The monoisotopic (exact) mass is 478 g/mol. The number of hydrogen-bond acceptors (Lipinski definition) is 2. The van der Waals surface area contributed by atoms with Crippen LogP contribution in [0.2, 0.25) is 0 Å². The molecule has 1 aromatic heterocycles. The Kier molecular flexibility index (Phi) is 5.51. The number of ketones is 1. The van der Waals surface area contributed by atoms with E-state index < -0.39 is 0 Å². The highest BCUT2D eigenvalue weighted by Crippen LogP contribution is 2.50. The van der Waals surface area contributed by atoms with Gasteiger partial charge in [-0.1, -0.05) is 75.3 Å². The second-order valence-electron chi connectivity index (χ2n) is 11.1. The van der Waals surface area contributed by atoms with Crippen LogP contribution in [0.1, 0.15) is 63.5 Å². The number of carbonyl (C=O) groups is 1. The number of rotatable bonds is 5. The lowest BCUT2D eigenvalue weighted by Gasteiger charge is -2.34. The molecule has 1 spiro atoms. The molecule has 0 saturated heterocycles. The van der Waals surface area contributed by atoms with E-state index in [0.29, 0.717) is 17.1 Å². The van der Waals surface area contributed by atoms with Gasteiger partial charge in [-0.15, -0.1) is 0 Å². The van der Waals surface area contributed by atoms with Crippen molar-refractivity contribution in [3.05, 3.63) is 83.3 Å². The molecular formula is C32H34N2O2. The minimum absolute atomic E-state index is 0.103. The summed E-state index contributed by atoms with van der Waals surface area (Å²) in [4.78, 5) is 13.6. The molecule has 3 aromatic rings. The first-order valence-corrected chi connectivity index (χ1v) is 13.4. The highest BCUT2D eigenvalue weighted by molar-refractivity contribution is 6.41. The number of allylic oxidation sites excluding steroid dienone is 3. The van der Waals surface area contributed by atoms with Gasteiger partial charge < -0.3 is 9.67 Å².